The van der Waals surface area contributed by atoms with E-state index in [1.807, 2.05) is 20.9 Å². The zero-order chi connectivity index (χ0) is 15.5. The van der Waals surface area contributed by atoms with Gasteiger partial charge in [0, 0.05) is 32.7 Å². The number of hydrogen-bond acceptors (Lipinski definition) is 7. The van der Waals surface area contributed by atoms with Crippen LogP contribution in [0.4, 0.5) is 0 Å². The number of sulfonamides is 1. The van der Waals surface area contributed by atoms with Crippen LogP contribution in [0.15, 0.2) is 4.52 Å². The van der Waals surface area contributed by atoms with Crippen molar-refractivity contribution in [1.82, 2.24) is 24.7 Å². The molecule has 2 rings (SSSR count). The smallest absolute Gasteiger partial charge is 0.243 e. The molecule has 0 radical (unpaired) electrons. The van der Waals surface area contributed by atoms with Gasteiger partial charge in [-0.15, -0.1) is 0 Å². The molecule has 0 saturated carbocycles. The molecular weight excluding hydrogens is 294 g/mol. The molecular formula is C12H23N5O3S. The van der Waals surface area contributed by atoms with E-state index in [2.05, 4.69) is 20.4 Å². The SMILES string of the molecule is CCN(CC)S(=O)(=O)Cc1nc(C2CNCCN2C)no1. The van der Waals surface area contributed by atoms with Crippen LogP contribution in [0.3, 0.4) is 0 Å². The third-order valence-electron chi connectivity index (χ3n) is 3.70. The highest BCUT2D eigenvalue weighted by Gasteiger charge is 2.27. The molecule has 2 heterocycles. The maximum Gasteiger partial charge on any atom is 0.243 e. The number of rotatable bonds is 6. The molecule has 1 aliphatic rings. The van der Waals surface area contributed by atoms with Crippen molar-refractivity contribution < 1.29 is 12.9 Å². The Morgan fingerprint density at radius 2 is 2.14 bits per heavy atom. The Hall–Kier alpha value is -1.03. The molecule has 0 amide bonds. The normalized spacial score (nSPS) is 21.0. The van der Waals surface area contributed by atoms with E-state index in [1.54, 1.807) is 0 Å². The molecule has 1 atom stereocenters. The van der Waals surface area contributed by atoms with E-state index in [9.17, 15) is 8.42 Å². The lowest BCUT2D eigenvalue weighted by molar-refractivity contribution is 0.190. The minimum absolute atomic E-state index is 0.0207. The number of piperazine rings is 1. The molecule has 120 valence electrons. The summed E-state index contributed by atoms with van der Waals surface area (Å²) in [5.41, 5.74) is 0. The van der Waals surface area contributed by atoms with Gasteiger partial charge in [0.15, 0.2) is 5.82 Å². The summed E-state index contributed by atoms with van der Waals surface area (Å²) in [6, 6.07) is 0.0207. The minimum atomic E-state index is -3.40. The van der Waals surface area contributed by atoms with E-state index in [4.69, 9.17) is 4.52 Å². The predicted octanol–water partition coefficient (Wildman–Crippen LogP) is -0.183. The van der Waals surface area contributed by atoms with Crippen molar-refractivity contribution >= 4 is 10.0 Å². The molecule has 21 heavy (non-hydrogen) atoms. The molecule has 1 saturated heterocycles. The van der Waals surface area contributed by atoms with Crippen molar-refractivity contribution in [3.05, 3.63) is 11.7 Å². The summed E-state index contributed by atoms with van der Waals surface area (Å²) < 4.78 is 30.9. The van der Waals surface area contributed by atoms with Crippen molar-refractivity contribution in [2.75, 3.05) is 39.8 Å². The number of aromatic nitrogens is 2. The average molecular weight is 317 g/mol. The maximum atomic E-state index is 12.2. The molecule has 1 fully saturated rings. The van der Waals surface area contributed by atoms with Crippen molar-refractivity contribution in [1.29, 1.82) is 0 Å². The van der Waals surface area contributed by atoms with Crippen molar-refractivity contribution in [2.24, 2.45) is 0 Å². The number of nitrogens with one attached hydrogen (secondary N) is 1. The highest BCUT2D eigenvalue weighted by molar-refractivity contribution is 7.88. The van der Waals surface area contributed by atoms with Crippen LogP contribution >= 0.6 is 0 Å². The summed E-state index contributed by atoms with van der Waals surface area (Å²) >= 11 is 0. The maximum absolute atomic E-state index is 12.2. The van der Waals surface area contributed by atoms with Gasteiger partial charge in [-0.3, -0.25) is 4.90 Å². The Morgan fingerprint density at radius 1 is 1.43 bits per heavy atom. The molecule has 8 nitrogen and oxygen atoms in total. The van der Waals surface area contributed by atoms with Crippen LogP contribution in [0.5, 0.6) is 0 Å². The molecule has 0 aliphatic carbocycles. The van der Waals surface area contributed by atoms with Crippen LogP contribution in [0, 0.1) is 0 Å². The summed E-state index contributed by atoms with van der Waals surface area (Å²) in [6.07, 6.45) is 0. The Labute approximate surface area is 125 Å². The van der Waals surface area contributed by atoms with Crippen LogP contribution in [0.25, 0.3) is 0 Å². The second-order valence-electron chi connectivity index (χ2n) is 5.09. The lowest BCUT2D eigenvalue weighted by Crippen LogP contribution is -2.44. The van der Waals surface area contributed by atoms with Gasteiger partial charge in [0.1, 0.15) is 5.75 Å². The molecule has 0 aromatic carbocycles. The van der Waals surface area contributed by atoms with Gasteiger partial charge >= 0.3 is 0 Å². The second kappa shape index (κ2) is 6.82. The first-order valence-electron chi connectivity index (χ1n) is 7.19. The first-order valence-corrected chi connectivity index (χ1v) is 8.80. The summed E-state index contributed by atoms with van der Waals surface area (Å²) in [5, 5.41) is 7.20. The highest BCUT2D eigenvalue weighted by Crippen LogP contribution is 2.18. The van der Waals surface area contributed by atoms with E-state index in [0.717, 1.165) is 19.6 Å². The Balaban J connectivity index is 2.09. The van der Waals surface area contributed by atoms with Gasteiger partial charge in [-0.05, 0) is 7.05 Å². The van der Waals surface area contributed by atoms with Gasteiger partial charge in [0.05, 0.1) is 6.04 Å². The number of hydrogen-bond donors (Lipinski definition) is 1. The third-order valence-corrected chi connectivity index (χ3v) is 5.61. The first kappa shape index (κ1) is 16.3. The largest absolute Gasteiger partial charge is 0.338 e. The lowest BCUT2D eigenvalue weighted by Gasteiger charge is -2.30. The fourth-order valence-electron chi connectivity index (χ4n) is 2.42. The summed E-state index contributed by atoms with van der Waals surface area (Å²) in [5.74, 6) is 0.441. The quantitative estimate of drug-likeness (QED) is 0.778. The van der Waals surface area contributed by atoms with Gasteiger partial charge < -0.3 is 9.84 Å². The standard InChI is InChI=1S/C12H23N5O3S/c1-4-17(5-2)21(18,19)9-11-14-12(15-20-11)10-8-13-6-7-16(10)3/h10,13H,4-9H2,1-3H3. The lowest BCUT2D eigenvalue weighted by atomic mass is 10.2. The molecule has 1 aliphatic heterocycles. The molecule has 1 aromatic heterocycles. The number of likely N-dealkylation sites (N-methyl/N-ethyl adjacent to an activating group) is 1. The monoisotopic (exact) mass is 317 g/mol. The van der Waals surface area contributed by atoms with E-state index in [-0.39, 0.29) is 17.7 Å². The highest BCUT2D eigenvalue weighted by atomic mass is 32.2. The second-order valence-corrected chi connectivity index (χ2v) is 7.06. The molecule has 1 aromatic rings. The zero-order valence-electron chi connectivity index (χ0n) is 12.7. The average Bonchev–Trinajstić information content (AvgIpc) is 2.87. The minimum Gasteiger partial charge on any atom is -0.338 e. The predicted molar refractivity (Wildman–Crippen MR) is 78.1 cm³/mol. The Morgan fingerprint density at radius 3 is 2.76 bits per heavy atom. The van der Waals surface area contributed by atoms with Crippen LogP contribution < -0.4 is 5.32 Å². The molecule has 9 heteroatoms. The fourth-order valence-corrected chi connectivity index (χ4v) is 3.82. The van der Waals surface area contributed by atoms with E-state index in [0.29, 0.717) is 18.9 Å². The van der Waals surface area contributed by atoms with E-state index >= 15 is 0 Å². The first-order chi connectivity index (χ1) is 9.97. The van der Waals surface area contributed by atoms with Gasteiger partial charge in [0.25, 0.3) is 0 Å². The van der Waals surface area contributed by atoms with Gasteiger partial charge in [-0.25, -0.2) is 12.7 Å². The van der Waals surface area contributed by atoms with Gasteiger partial charge in [-0.2, -0.15) is 4.98 Å². The summed E-state index contributed by atoms with van der Waals surface area (Å²) in [4.78, 5) is 6.38. The van der Waals surface area contributed by atoms with Crippen LogP contribution in [-0.4, -0.2) is 67.5 Å². The zero-order valence-corrected chi connectivity index (χ0v) is 13.6. The fraction of sp³-hybridized carbons (Fsp3) is 0.833. The topological polar surface area (TPSA) is 91.6 Å². The van der Waals surface area contributed by atoms with Crippen molar-refractivity contribution in [2.45, 2.75) is 25.6 Å². The van der Waals surface area contributed by atoms with Crippen molar-refractivity contribution in [3.8, 4) is 0 Å². The van der Waals surface area contributed by atoms with Crippen LogP contribution in [-0.2, 0) is 15.8 Å². The summed E-state index contributed by atoms with van der Waals surface area (Å²) in [7, 11) is -1.40. The van der Waals surface area contributed by atoms with Crippen LogP contribution in [0.2, 0.25) is 0 Å². The van der Waals surface area contributed by atoms with E-state index in [1.165, 1.54) is 4.31 Å². The van der Waals surface area contributed by atoms with Crippen molar-refractivity contribution in [3.63, 3.8) is 0 Å². The van der Waals surface area contributed by atoms with Gasteiger partial charge in [-0.1, -0.05) is 19.0 Å². The third kappa shape index (κ3) is 3.79. The Kier molecular flexibility index (Phi) is 5.31. The summed E-state index contributed by atoms with van der Waals surface area (Å²) in [6.45, 7) is 7.05. The molecule has 0 spiro atoms. The Bertz CT molecular complexity index is 555. The van der Waals surface area contributed by atoms with E-state index < -0.39 is 10.0 Å². The molecule has 1 N–H and O–H groups in total. The van der Waals surface area contributed by atoms with Crippen LogP contribution in [0.1, 0.15) is 31.6 Å². The molecule has 0 bridgehead atoms. The van der Waals surface area contributed by atoms with Gasteiger partial charge in [0.2, 0.25) is 15.9 Å². The molecule has 1 unspecified atom stereocenters. The number of nitrogens with zero attached hydrogens (tertiary/aromatic N) is 4.